The zero-order chi connectivity index (χ0) is 19.8. The van der Waals surface area contributed by atoms with Crippen molar-refractivity contribution >= 4 is 23.5 Å². The third-order valence-electron chi connectivity index (χ3n) is 3.94. The summed E-state index contributed by atoms with van der Waals surface area (Å²) in [5, 5.41) is 8.13. The number of anilines is 2. The number of methoxy groups -OCH3 is 1. The van der Waals surface area contributed by atoms with Crippen LogP contribution in [0.2, 0.25) is 0 Å². The topological polar surface area (TPSA) is 97.3 Å². The van der Waals surface area contributed by atoms with Crippen LogP contribution in [-0.2, 0) is 17.8 Å². The lowest BCUT2D eigenvalue weighted by atomic mass is 10.1. The lowest BCUT2D eigenvalue weighted by Gasteiger charge is -2.10. The molecule has 0 unspecified atom stereocenters. The maximum absolute atomic E-state index is 12.1. The Kier molecular flexibility index (Phi) is 6.25. The molecule has 3 N–H and O–H groups in total. The normalized spacial score (nSPS) is 10.2. The molecule has 0 aliphatic heterocycles. The van der Waals surface area contributed by atoms with Gasteiger partial charge in [0.25, 0.3) is 0 Å². The summed E-state index contributed by atoms with van der Waals surface area (Å²) in [6.07, 6.45) is 4.87. The average Bonchev–Trinajstić information content (AvgIpc) is 3.21. The van der Waals surface area contributed by atoms with Crippen molar-refractivity contribution < 1.29 is 14.3 Å². The number of aromatic nitrogens is 2. The minimum atomic E-state index is -0.547. The Hall–Kier alpha value is -3.81. The summed E-state index contributed by atoms with van der Waals surface area (Å²) in [7, 11) is 1.29. The molecule has 0 aliphatic rings. The molecule has 2 aromatic carbocycles. The van der Waals surface area contributed by atoms with E-state index in [2.05, 4.69) is 25.7 Å². The second-order valence-corrected chi connectivity index (χ2v) is 6.06. The van der Waals surface area contributed by atoms with Crippen LogP contribution in [0.25, 0.3) is 0 Å². The maximum atomic E-state index is 12.1. The number of carbonyl (C=O) groups excluding carboxylic acids is 2. The van der Waals surface area contributed by atoms with E-state index in [9.17, 15) is 9.59 Å². The molecule has 0 saturated heterocycles. The zero-order valence-corrected chi connectivity index (χ0v) is 15.4. The van der Waals surface area contributed by atoms with Crippen LogP contribution >= 0.6 is 0 Å². The highest BCUT2D eigenvalue weighted by Crippen LogP contribution is 2.14. The van der Waals surface area contributed by atoms with E-state index in [1.54, 1.807) is 36.8 Å². The monoisotopic (exact) mass is 379 g/mol. The van der Waals surface area contributed by atoms with E-state index in [4.69, 9.17) is 0 Å². The highest BCUT2D eigenvalue weighted by atomic mass is 16.5. The Bertz CT molecular complexity index is 923. The van der Waals surface area contributed by atoms with Crippen LogP contribution in [0.3, 0.4) is 0 Å². The van der Waals surface area contributed by atoms with Crippen molar-refractivity contribution in [2.24, 2.45) is 0 Å². The van der Waals surface area contributed by atoms with Crippen molar-refractivity contribution in [2.75, 3.05) is 17.7 Å². The predicted octanol–water partition coefficient (Wildman–Crippen LogP) is 3.43. The van der Waals surface area contributed by atoms with E-state index in [1.165, 1.54) is 7.11 Å². The lowest BCUT2D eigenvalue weighted by Crippen LogP contribution is -2.28. The van der Waals surface area contributed by atoms with Gasteiger partial charge in [0.1, 0.15) is 0 Å². The second-order valence-electron chi connectivity index (χ2n) is 6.06. The van der Waals surface area contributed by atoms with Crippen molar-refractivity contribution in [2.45, 2.75) is 13.1 Å². The second kappa shape index (κ2) is 9.22. The Balaban J connectivity index is 1.49. The number of urea groups is 1. The highest BCUT2D eigenvalue weighted by Gasteiger charge is 2.04. The van der Waals surface area contributed by atoms with Crippen LogP contribution in [0, 0.1) is 0 Å². The van der Waals surface area contributed by atoms with Crippen LogP contribution in [0.1, 0.15) is 11.1 Å². The van der Waals surface area contributed by atoms with E-state index in [0.717, 1.165) is 17.7 Å². The molecule has 0 saturated carbocycles. The van der Waals surface area contributed by atoms with E-state index < -0.39 is 6.09 Å². The summed E-state index contributed by atoms with van der Waals surface area (Å²) in [5.74, 6) is 0. The van der Waals surface area contributed by atoms with E-state index >= 15 is 0 Å². The Morgan fingerprint density at radius 2 is 1.75 bits per heavy atom. The zero-order valence-electron chi connectivity index (χ0n) is 15.4. The van der Waals surface area contributed by atoms with Crippen LogP contribution in [0.15, 0.2) is 67.3 Å². The number of benzene rings is 2. The minimum absolute atomic E-state index is 0.311. The first kappa shape index (κ1) is 19.0. The van der Waals surface area contributed by atoms with E-state index in [-0.39, 0.29) is 6.03 Å². The van der Waals surface area contributed by atoms with Gasteiger partial charge in [-0.1, -0.05) is 24.3 Å². The van der Waals surface area contributed by atoms with Gasteiger partial charge in [0.05, 0.1) is 13.4 Å². The molecule has 0 aliphatic carbocycles. The van der Waals surface area contributed by atoms with Crippen molar-refractivity contribution in [3.8, 4) is 0 Å². The summed E-state index contributed by atoms with van der Waals surface area (Å²) in [6.45, 7) is 1.14. The number of hydrogen-bond donors (Lipinski definition) is 3. The Morgan fingerprint density at radius 1 is 1.04 bits per heavy atom. The molecule has 0 bridgehead atoms. The first-order chi connectivity index (χ1) is 13.6. The number of imidazole rings is 1. The van der Waals surface area contributed by atoms with E-state index in [0.29, 0.717) is 17.9 Å². The molecule has 0 spiro atoms. The molecule has 28 heavy (non-hydrogen) atoms. The van der Waals surface area contributed by atoms with Gasteiger partial charge in [-0.3, -0.25) is 5.32 Å². The number of hydrogen-bond acceptors (Lipinski definition) is 4. The molecule has 3 rings (SSSR count). The van der Waals surface area contributed by atoms with Crippen LogP contribution in [-0.4, -0.2) is 28.8 Å². The van der Waals surface area contributed by atoms with Crippen LogP contribution < -0.4 is 16.0 Å². The lowest BCUT2D eigenvalue weighted by molar-refractivity contribution is 0.187. The largest absolute Gasteiger partial charge is 0.453 e. The van der Waals surface area contributed by atoms with Gasteiger partial charge in [-0.2, -0.15) is 0 Å². The predicted molar refractivity (Wildman–Crippen MR) is 106 cm³/mol. The van der Waals surface area contributed by atoms with Crippen LogP contribution in [0.4, 0.5) is 21.0 Å². The van der Waals surface area contributed by atoms with E-state index in [1.807, 2.05) is 35.0 Å². The van der Waals surface area contributed by atoms with Crippen LogP contribution in [0.5, 0.6) is 0 Å². The summed E-state index contributed by atoms with van der Waals surface area (Å²) in [5.41, 5.74) is 3.33. The molecule has 1 aromatic heterocycles. The third kappa shape index (κ3) is 5.60. The van der Waals surface area contributed by atoms with Gasteiger partial charge >= 0.3 is 12.1 Å². The van der Waals surface area contributed by atoms with Gasteiger partial charge in [0.15, 0.2) is 0 Å². The quantitative estimate of drug-likeness (QED) is 0.611. The third-order valence-corrected chi connectivity index (χ3v) is 3.94. The van der Waals surface area contributed by atoms with Gasteiger partial charge in [-0.05, 0) is 35.4 Å². The van der Waals surface area contributed by atoms with Gasteiger partial charge < -0.3 is 19.9 Å². The molecule has 1 heterocycles. The Morgan fingerprint density at radius 3 is 2.43 bits per heavy atom. The fraction of sp³-hybridized carbons (Fsp3) is 0.150. The summed E-state index contributed by atoms with van der Waals surface area (Å²) < 4.78 is 6.51. The van der Waals surface area contributed by atoms with Gasteiger partial charge in [-0.15, -0.1) is 0 Å². The molecular formula is C20H21N5O3. The highest BCUT2D eigenvalue weighted by molar-refractivity contribution is 5.90. The number of rotatable bonds is 6. The van der Waals surface area contributed by atoms with Crippen molar-refractivity contribution in [3.05, 3.63) is 78.4 Å². The number of nitrogens with one attached hydrogen (secondary N) is 3. The van der Waals surface area contributed by atoms with Gasteiger partial charge in [0, 0.05) is 36.9 Å². The molecule has 3 amide bonds. The summed E-state index contributed by atoms with van der Waals surface area (Å²) in [6, 6.07) is 14.4. The molecule has 0 radical (unpaired) electrons. The maximum Gasteiger partial charge on any atom is 0.411 e. The molecule has 8 nitrogen and oxygen atoms in total. The average molecular weight is 379 g/mol. The fourth-order valence-corrected chi connectivity index (χ4v) is 2.59. The number of carbonyl (C=O) groups is 2. The number of nitrogens with zero attached hydrogens (tertiary/aromatic N) is 2. The minimum Gasteiger partial charge on any atom is -0.453 e. The number of amides is 3. The van der Waals surface area contributed by atoms with Gasteiger partial charge in [0.2, 0.25) is 0 Å². The summed E-state index contributed by atoms with van der Waals surface area (Å²) >= 11 is 0. The molecule has 8 heteroatoms. The first-order valence-electron chi connectivity index (χ1n) is 8.66. The van der Waals surface area contributed by atoms with Crippen molar-refractivity contribution in [1.82, 2.24) is 14.9 Å². The molecule has 0 atom stereocenters. The number of ether oxygens (including phenoxy) is 1. The first-order valence-corrected chi connectivity index (χ1v) is 8.66. The molecule has 0 fully saturated rings. The standard InChI is InChI=1S/C20H21N5O3/c1-28-20(27)24-18-7-5-17(6-8-18)23-19(26)22-12-15-3-2-4-16(11-15)13-25-10-9-21-14-25/h2-11,14H,12-13H2,1H3,(H,24,27)(H2,22,23,26). The van der Waals surface area contributed by atoms with Gasteiger partial charge in [-0.25, -0.2) is 14.6 Å². The SMILES string of the molecule is COC(=O)Nc1ccc(NC(=O)NCc2cccc(Cn3ccnc3)c2)cc1. The smallest absolute Gasteiger partial charge is 0.411 e. The Labute approximate surface area is 162 Å². The van der Waals surface area contributed by atoms with Crippen molar-refractivity contribution in [3.63, 3.8) is 0 Å². The fourth-order valence-electron chi connectivity index (χ4n) is 2.59. The summed E-state index contributed by atoms with van der Waals surface area (Å²) in [4.78, 5) is 27.3. The van der Waals surface area contributed by atoms with Crippen molar-refractivity contribution in [1.29, 1.82) is 0 Å². The molecular weight excluding hydrogens is 358 g/mol. The molecule has 144 valence electrons. The molecule has 3 aromatic rings.